The number of nitrogens with zero attached hydrogens (tertiary/aromatic N) is 1. The predicted molar refractivity (Wildman–Crippen MR) is 139 cm³/mol. The van der Waals surface area contributed by atoms with E-state index in [1.54, 1.807) is 0 Å². The molecule has 5 heteroatoms. The molecule has 0 fully saturated rings. The summed E-state index contributed by atoms with van der Waals surface area (Å²) in [5, 5.41) is 0.999. The van der Waals surface area contributed by atoms with Gasteiger partial charge in [0, 0.05) is 22.6 Å². The van der Waals surface area contributed by atoms with Gasteiger partial charge in [0.05, 0.1) is 13.2 Å². The molecule has 0 saturated heterocycles. The molecule has 0 aliphatic carbocycles. The lowest BCUT2D eigenvalue weighted by Gasteiger charge is -2.08. The molecule has 1 aromatic heterocycles. The SMILES string of the molecule is CC(C)N=C(N)c1ccc2oc(-c3cccc(OCCCCCOc4ccccc4)c3)cc2c1. The number of amidine groups is 1. The topological polar surface area (TPSA) is 70.0 Å². The van der Waals surface area contributed by atoms with Gasteiger partial charge in [0.2, 0.25) is 0 Å². The fourth-order valence-corrected chi connectivity index (χ4v) is 3.71. The first-order chi connectivity index (χ1) is 16.6. The molecule has 0 aliphatic heterocycles. The number of benzene rings is 3. The number of furan rings is 1. The fraction of sp³-hybridized carbons (Fsp3) is 0.276. The Balaban J connectivity index is 1.30. The lowest BCUT2D eigenvalue weighted by molar-refractivity contribution is 0.279. The van der Waals surface area contributed by atoms with Crippen LogP contribution in [0.2, 0.25) is 0 Å². The number of unbranched alkanes of at least 4 members (excludes halogenated alkanes) is 2. The van der Waals surface area contributed by atoms with E-state index in [0.717, 1.165) is 65.2 Å². The van der Waals surface area contributed by atoms with Gasteiger partial charge in [-0.1, -0.05) is 30.3 Å². The summed E-state index contributed by atoms with van der Waals surface area (Å²) in [6.07, 6.45) is 3.04. The molecule has 5 nitrogen and oxygen atoms in total. The number of para-hydroxylation sites is 1. The smallest absolute Gasteiger partial charge is 0.135 e. The molecular weight excluding hydrogens is 424 g/mol. The highest BCUT2D eigenvalue weighted by atomic mass is 16.5. The number of nitrogens with two attached hydrogens (primary N) is 1. The van der Waals surface area contributed by atoms with Crippen LogP contribution in [0, 0.1) is 0 Å². The normalized spacial score (nSPS) is 11.8. The van der Waals surface area contributed by atoms with E-state index in [1.807, 2.05) is 92.7 Å². The maximum Gasteiger partial charge on any atom is 0.135 e. The van der Waals surface area contributed by atoms with E-state index in [2.05, 4.69) is 4.99 Å². The highest BCUT2D eigenvalue weighted by Gasteiger charge is 2.10. The second-order valence-electron chi connectivity index (χ2n) is 8.57. The molecule has 0 bridgehead atoms. The molecule has 1 heterocycles. The van der Waals surface area contributed by atoms with Crippen LogP contribution in [0.3, 0.4) is 0 Å². The minimum atomic E-state index is 0.154. The number of hydrogen-bond donors (Lipinski definition) is 1. The van der Waals surface area contributed by atoms with Crippen LogP contribution in [0.15, 0.2) is 88.3 Å². The van der Waals surface area contributed by atoms with Crippen molar-refractivity contribution in [3.05, 3.63) is 84.4 Å². The average Bonchev–Trinajstić information content (AvgIpc) is 3.27. The predicted octanol–water partition coefficient (Wildman–Crippen LogP) is 6.84. The second kappa shape index (κ2) is 11.4. The summed E-state index contributed by atoms with van der Waals surface area (Å²) in [6, 6.07) is 26.0. The third-order valence-corrected chi connectivity index (χ3v) is 5.40. The van der Waals surface area contributed by atoms with Gasteiger partial charge in [0.1, 0.15) is 28.7 Å². The van der Waals surface area contributed by atoms with Crippen molar-refractivity contribution in [1.82, 2.24) is 0 Å². The van der Waals surface area contributed by atoms with Gasteiger partial charge in [0.25, 0.3) is 0 Å². The number of hydrogen-bond acceptors (Lipinski definition) is 4. The van der Waals surface area contributed by atoms with Crippen molar-refractivity contribution in [3.63, 3.8) is 0 Å². The molecule has 0 unspecified atom stereocenters. The standard InChI is InChI=1S/C29H32N2O3/c1-21(2)31-29(30)23-14-15-27-24(18-23)20-28(34-27)22-10-9-13-26(19-22)33-17-8-4-7-16-32-25-11-5-3-6-12-25/h3,5-6,9-15,18-21H,4,7-8,16-17H2,1-2H3,(H2,30,31). The van der Waals surface area contributed by atoms with Gasteiger partial charge in [-0.3, -0.25) is 4.99 Å². The highest BCUT2D eigenvalue weighted by molar-refractivity contribution is 6.01. The molecule has 0 saturated carbocycles. The lowest BCUT2D eigenvalue weighted by atomic mass is 10.1. The van der Waals surface area contributed by atoms with Gasteiger partial charge >= 0.3 is 0 Å². The second-order valence-corrected chi connectivity index (χ2v) is 8.57. The Hall–Kier alpha value is -3.73. The van der Waals surface area contributed by atoms with Crippen molar-refractivity contribution in [2.45, 2.75) is 39.2 Å². The van der Waals surface area contributed by atoms with E-state index in [0.29, 0.717) is 12.4 Å². The quantitative estimate of drug-likeness (QED) is 0.152. The first-order valence-electron chi connectivity index (χ1n) is 11.9. The Morgan fingerprint density at radius 2 is 1.56 bits per heavy atom. The van der Waals surface area contributed by atoms with Gasteiger partial charge in [-0.25, -0.2) is 0 Å². The van der Waals surface area contributed by atoms with Crippen molar-refractivity contribution in [3.8, 4) is 22.8 Å². The summed E-state index contributed by atoms with van der Waals surface area (Å²) < 4.78 is 17.8. The van der Waals surface area contributed by atoms with Gasteiger partial charge in [-0.15, -0.1) is 0 Å². The van der Waals surface area contributed by atoms with Crippen LogP contribution in [-0.4, -0.2) is 25.1 Å². The van der Waals surface area contributed by atoms with E-state index in [9.17, 15) is 0 Å². The third kappa shape index (κ3) is 6.41. The molecule has 176 valence electrons. The Morgan fingerprint density at radius 3 is 2.32 bits per heavy atom. The van der Waals surface area contributed by atoms with Crippen LogP contribution in [0.5, 0.6) is 11.5 Å². The monoisotopic (exact) mass is 456 g/mol. The zero-order valence-corrected chi connectivity index (χ0v) is 19.9. The van der Waals surface area contributed by atoms with Crippen LogP contribution in [-0.2, 0) is 0 Å². The van der Waals surface area contributed by atoms with Gasteiger partial charge < -0.3 is 19.6 Å². The van der Waals surface area contributed by atoms with Crippen molar-refractivity contribution < 1.29 is 13.9 Å². The number of fused-ring (bicyclic) bond motifs is 1. The molecule has 0 atom stereocenters. The molecule has 0 amide bonds. The number of ether oxygens (including phenoxy) is 2. The average molecular weight is 457 g/mol. The molecule has 0 aliphatic rings. The zero-order chi connectivity index (χ0) is 23.8. The number of aliphatic imine (C=N–C) groups is 1. The Bertz CT molecular complexity index is 1230. The lowest BCUT2D eigenvalue weighted by Crippen LogP contribution is -2.15. The Labute approximate surface area is 201 Å². The van der Waals surface area contributed by atoms with Crippen LogP contribution in [0.4, 0.5) is 0 Å². The van der Waals surface area contributed by atoms with Crippen molar-refractivity contribution in [2.24, 2.45) is 10.7 Å². The van der Waals surface area contributed by atoms with E-state index in [-0.39, 0.29) is 6.04 Å². The van der Waals surface area contributed by atoms with Crippen LogP contribution >= 0.6 is 0 Å². The maximum absolute atomic E-state index is 6.13. The molecule has 34 heavy (non-hydrogen) atoms. The Kier molecular flexibility index (Phi) is 7.87. The van der Waals surface area contributed by atoms with Gasteiger partial charge in [-0.05, 0) is 81.6 Å². The summed E-state index contributed by atoms with van der Waals surface area (Å²) in [5.41, 5.74) is 8.84. The summed E-state index contributed by atoms with van der Waals surface area (Å²) in [5.74, 6) is 3.11. The fourth-order valence-electron chi connectivity index (χ4n) is 3.71. The van der Waals surface area contributed by atoms with E-state index >= 15 is 0 Å². The largest absolute Gasteiger partial charge is 0.494 e. The molecule has 3 aromatic carbocycles. The van der Waals surface area contributed by atoms with Gasteiger partial charge in [-0.2, -0.15) is 0 Å². The van der Waals surface area contributed by atoms with Crippen molar-refractivity contribution >= 4 is 16.8 Å². The number of rotatable bonds is 11. The summed E-state index contributed by atoms with van der Waals surface area (Å²) in [7, 11) is 0. The molecule has 0 radical (unpaired) electrons. The van der Waals surface area contributed by atoms with Crippen LogP contribution in [0.1, 0.15) is 38.7 Å². The zero-order valence-electron chi connectivity index (χ0n) is 19.9. The molecule has 2 N–H and O–H groups in total. The van der Waals surface area contributed by atoms with Crippen molar-refractivity contribution in [2.75, 3.05) is 13.2 Å². The highest BCUT2D eigenvalue weighted by Crippen LogP contribution is 2.30. The molecule has 4 rings (SSSR count). The van der Waals surface area contributed by atoms with Crippen LogP contribution in [0.25, 0.3) is 22.3 Å². The summed E-state index contributed by atoms with van der Waals surface area (Å²) in [4.78, 5) is 4.44. The summed E-state index contributed by atoms with van der Waals surface area (Å²) in [6.45, 7) is 5.42. The van der Waals surface area contributed by atoms with Crippen molar-refractivity contribution in [1.29, 1.82) is 0 Å². The van der Waals surface area contributed by atoms with E-state index in [1.165, 1.54) is 0 Å². The summed E-state index contributed by atoms with van der Waals surface area (Å²) >= 11 is 0. The molecule has 4 aromatic rings. The van der Waals surface area contributed by atoms with Gasteiger partial charge in [0.15, 0.2) is 0 Å². The van der Waals surface area contributed by atoms with E-state index in [4.69, 9.17) is 19.6 Å². The Morgan fingerprint density at radius 1 is 0.824 bits per heavy atom. The molecular formula is C29H32N2O3. The van der Waals surface area contributed by atoms with E-state index < -0.39 is 0 Å². The molecule has 0 spiro atoms. The third-order valence-electron chi connectivity index (χ3n) is 5.40. The maximum atomic E-state index is 6.13. The van der Waals surface area contributed by atoms with Crippen LogP contribution < -0.4 is 15.2 Å². The first-order valence-corrected chi connectivity index (χ1v) is 11.9. The minimum Gasteiger partial charge on any atom is -0.494 e. The first kappa shape index (κ1) is 23.4. The minimum absolute atomic E-state index is 0.154.